The summed E-state index contributed by atoms with van der Waals surface area (Å²) in [7, 11) is -3.57. The second kappa shape index (κ2) is 6.13. The molecule has 0 amide bonds. The summed E-state index contributed by atoms with van der Waals surface area (Å²) in [4.78, 5) is 1.16. The first-order valence-electron chi connectivity index (χ1n) is 6.02. The molecule has 1 heterocycles. The predicted molar refractivity (Wildman–Crippen MR) is 83.5 cm³/mol. The lowest BCUT2D eigenvalue weighted by atomic mass is 10.3. The zero-order chi connectivity index (χ0) is 14.8. The average molecular weight is 331 g/mol. The molecular formula is C13H15ClN2O2S2. The summed E-state index contributed by atoms with van der Waals surface area (Å²) >= 11 is 7.44. The number of nitrogen functional groups attached to an aromatic ring is 1. The summed E-state index contributed by atoms with van der Waals surface area (Å²) in [6.07, 6.45) is 0. The first kappa shape index (κ1) is 15.3. The normalized spacial score (nSPS) is 11.9. The van der Waals surface area contributed by atoms with Gasteiger partial charge in [0.15, 0.2) is 0 Å². The molecule has 0 saturated heterocycles. The second-order valence-electron chi connectivity index (χ2n) is 4.19. The lowest BCUT2D eigenvalue weighted by Gasteiger charge is -2.20. The van der Waals surface area contributed by atoms with Crippen LogP contribution in [0.4, 0.5) is 5.69 Å². The van der Waals surface area contributed by atoms with Crippen LogP contribution in [0.25, 0.3) is 0 Å². The summed E-state index contributed by atoms with van der Waals surface area (Å²) in [5.41, 5.74) is 5.98. The molecule has 2 aromatic rings. The molecule has 20 heavy (non-hydrogen) atoms. The minimum atomic E-state index is -3.57. The van der Waals surface area contributed by atoms with Gasteiger partial charge in [0.1, 0.15) is 0 Å². The number of benzene rings is 1. The zero-order valence-corrected chi connectivity index (χ0v) is 13.3. The van der Waals surface area contributed by atoms with E-state index in [0.717, 1.165) is 4.88 Å². The Bertz CT molecular complexity index is 684. The number of nitrogens with zero attached hydrogens (tertiary/aromatic N) is 1. The molecule has 0 spiro atoms. The minimum absolute atomic E-state index is 0.162. The van der Waals surface area contributed by atoms with Gasteiger partial charge in [0.2, 0.25) is 10.0 Å². The van der Waals surface area contributed by atoms with Crippen LogP contribution >= 0.6 is 22.9 Å². The number of halogens is 1. The minimum Gasteiger partial charge on any atom is -0.398 e. The molecule has 7 heteroatoms. The van der Waals surface area contributed by atoms with E-state index in [-0.39, 0.29) is 9.92 Å². The monoisotopic (exact) mass is 330 g/mol. The van der Waals surface area contributed by atoms with Crippen LogP contribution in [-0.4, -0.2) is 19.3 Å². The third-order valence-electron chi connectivity index (χ3n) is 2.87. The van der Waals surface area contributed by atoms with E-state index in [9.17, 15) is 8.42 Å². The Hall–Kier alpha value is -1.08. The van der Waals surface area contributed by atoms with E-state index in [2.05, 4.69) is 0 Å². The van der Waals surface area contributed by atoms with Crippen molar-refractivity contribution in [2.24, 2.45) is 0 Å². The fourth-order valence-electron chi connectivity index (χ4n) is 1.76. The van der Waals surface area contributed by atoms with E-state index in [0.29, 0.717) is 18.8 Å². The highest BCUT2D eigenvalue weighted by molar-refractivity contribution is 7.89. The lowest BCUT2D eigenvalue weighted by molar-refractivity contribution is 0.426. The Morgan fingerprint density at radius 1 is 1.35 bits per heavy atom. The predicted octanol–water partition coefficient (Wildman–Crippen LogP) is 3.19. The van der Waals surface area contributed by atoms with Crippen LogP contribution in [0.3, 0.4) is 0 Å². The third kappa shape index (κ3) is 3.15. The number of nitrogens with two attached hydrogens (primary N) is 1. The van der Waals surface area contributed by atoms with Crippen molar-refractivity contribution in [3.8, 4) is 0 Å². The molecule has 0 radical (unpaired) electrons. The van der Waals surface area contributed by atoms with E-state index < -0.39 is 10.0 Å². The van der Waals surface area contributed by atoms with Crippen LogP contribution < -0.4 is 5.73 Å². The summed E-state index contributed by atoms with van der Waals surface area (Å²) < 4.78 is 26.6. The van der Waals surface area contributed by atoms with Crippen LogP contribution in [0, 0.1) is 0 Å². The molecular weight excluding hydrogens is 316 g/mol. The van der Waals surface area contributed by atoms with Crippen LogP contribution in [-0.2, 0) is 16.6 Å². The summed E-state index contributed by atoms with van der Waals surface area (Å²) in [6, 6.07) is 8.20. The SMILES string of the molecule is CCN(Cc1cccs1)S(=O)(=O)c1ccc(N)c(Cl)c1. The number of hydrogen-bond acceptors (Lipinski definition) is 4. The summed E-state index contributed by atoms with van der Waals surface area (Å²) in [5.74, 6) is 0. The first-order chi connectivity index (χ1) is 9.45. The van der Waals surface area contributed by atoms with Crippen LogP contribution in [0.2, 0.25) is 5.02 Å². The maximum absolute atomic E-state index is 12.6. The lowest BCUT2D eigenvalue weighted by Crippen LogP contribution is -2.30. The number of rotatable bonds is 5. The van der Waals surface area contributed by atoms with Gasteiger partial charge >= 0.3 is 0 Å². The molecule has 2 N–H and O–H groups in total. The fourth-order valence-corrected chi connectivity index (χ4v) is 4.26. The highest BCUT2D eigenvalue weighted by Gasteiger charge is 2.24. The number of hydrogen-bond donors (Lipinski definition) is 1. The van der Waals surface area contributed by atoms with Crippen molar-refractivity contribution in [2.75, 3.05) is 12.3 Å². The molecule has 0 saturated carbocycles. The molecule has 0 fully saturated rings. The topological polar surface area (TPSA) is 63.4 Å². The third-order valence-corrected chi connectivity index (χ3v) is 5.98. The largest absolute Gasteiger partial charge is 0.398 e. The van der Waals surface area contributed by atoms with Crippen LogP contribution in [0.1, 0.15) is 11.8 Å². The van der Waals surface area contributed by atoms with Crippen molar-refractivity contribution < 1.29 is 8.42 Å². The molecule has 4 nitrogen and oxygen atoms in total. The van der Waals surface area contributed by atoms with Gasteiger partial charge in [-0.3, -0.25) is 0 Å². The van der Waals surface area contributed by atoms with Crippen LogP contribution in [0.5, 0.6) is 0 Å². The summed E-state index contributed by atoms with van der Waals surface area (Å²) in [6.45, 7) is 2.56. The van der Waals surface area contributed by atoms with Crippen LogP contribution in [0.15, 0.2) is 40.6 Å². The van der Waals surface area contributed by atoms with Crippen molar-refractivity contribution in [1.29, 1.82) is 0 Å². The maximum atomic E-state index is 12.6. The van der Waals surface area contributed by atoms with Crippen molar-refractivity contribution in [3.05, 3.63) is 45.6 Å². The van der Waals surface area contributed by atoms with Crippen molar-refractivity contribution in [3.63, 3.8) is 0 Å². The van der Waals surface area contributed by atoms with Gasteiger partial charge in [-0.25, -0.2) is 8.42 Å². The van der Waals surface area contributed by atoms with E-state index in [1.807, 2.05) is 24.4 Å². The highest BCUT2D eigenvalue weighted by atomic mass is 35.5. The molecule has 1 aromatic carbocycles. The quantitative estimate of drug-likeness (QED) is 0.856. The van der Waals surface area contributed by atoms with Gasteiger partial charge in [-0.05, 0) is 29.6 Å². The smallest absolute Gasteiger partial charge is 0.243 e. The van der Waals surface area contributed by atoms with E-state index in [1.165, 1.54) is 33.8 Å². The van der Waals surface area contributed by atoms with Gasteiger partial charge < -0.3 is 5.73 Å². The Labute approximate surface area is 127 Å². The van der Waals surface area contributed by atoms with Gasteiger partial charge in [0.05, 0.1) is 15.6 Å². The summed E-state index contributed by atoms with van der Waals surface area (Å²) in [5, 5.41) is 2.17. The standard InChI is InChI=1S/C13H15ClN2O2S2/c1-2-16(9-10-4-3-7-19-10)20(17,18)11-5-6-13(15)12(14)8-11/h3-8H,2,9,15H2,1H3. The second-order valence-corrected chi connectivity index (χ2v) is 7.57. The van der Waals surface area contributed by atoms with Crippen molar-refractivity contribution >= 4 is 38.6 Å². The molecule has 0 aliphatic heterocycles. The highest BCUT2D eigenvalue weighted by Crippen LogP contribution is 2.26. The average Bonchev–Trinajstić information content (AvgIpc) is 2.91. The van der Waals surface area contributed by atoms with Crippen molar-refractivity contribution in [2.45, 2.75) is 18.4 Å². The molecule has 0 aliphatic carbocycles. The number of anilines is 1. The zero-order valence-electron chi connectivity index (χ0n) is 10.9. The van der Waals surface area contributed by atoms with E-state index >= 15 is 0 Å². The van der Waals surface area contributed by atoms with Crippen molar-refractivity contribution in [1.82, 2.24) is 4.31 Å². The van der Waals surface area contributed by atoms with Gasteiger partial charge in [-0.15, -0.1) is 11.3 Å². The molecule has 2 rings (SSSR count). The maximum Gasteiger partial charge on any atom is 0.243 e. The fraction of sp³-hybridized carbons (Fsp3) is 0.231. The molecule has 0 atom stereocenters. The molecule has 108 valence electrons. The van der Waals surface area contributed by atoms with E-state index in [1.54, 1.807) is 0 Å². The first-order valence-corrected chi connectivity index (χ1v) is 8.72. The number of thiophene rings is 1. The van der Waals surface area contributed by atoms with Gasteiger partial charge in [-0.2, -0.15) is 4.31 Å². The Balaban J connectivity index is 2.33. The van der Waals surface area contributed by atoms with Gasteiger partial charge in [0, 0.05) is 18.0 Å². The Kier molecular flexibility index (Phi) is 4.70. The number of sulfonamides is 1. The van der Waals surface area contributed by atoms with Gasteiger partial charge in [0.25, 0.3) is 0 Å². The molecule has 0 aliphatic rings. The molecule has 0 unspecified atom stereocenters. The Morgan fingerprint density at radius 2 is 2.10 bits per heavy atom. The van der Waals surface area contributed by atoms with E-state index in [4.69, 9.17) is 17.3 Å². The Morgan fingerprint density at radius 3 is 2.65 bits per heavy atom. The van der Waals surface area contributed by atoms with Gasteiger partial charge in [-0.1, -0.05) is 24.6 Å². The molecule has 1 aromatic heterocycles. The molecule has 0 bridgehead atoms.